The fourth-order valence-electron chi connectivity index (χ4n) is 2.48. The molecular formula is C20H27N3O3. The van der Waals surface area contributed by atoms with Gasteiger partial charge in [0, 0.05) is 14.1 Å². The number of aromatic nitrogens is 1. The monoisotopic (exact) mass is 357 g/mol. The van der Waals surface area contributed by atoms with Crippen LogP contribution < -0.4 is 19.7 Å². The maximum atomic E-state index is 12.4. The lowest BCUT2D eigenvalue weighted by Crippen LogP contribution is -2.27. The summed E-state index contributed by atoms with van der Waals surface area (Å²) in [5.74, 6) is 1.17. The van der Waals surface area contributed by atoms with E-state index in [1.807, 2.05) is 64.0 Å². The fraction of sp³-hybridized carbons (Fsp3) is 0.400. The number of amides is 1. The number of hydrogen-bond acceptors (Lipinski definition) is 5. The van der Waals surface area contributed by atoms with Gasteiger partial charge in [0.25, 0.3) is 5.91 Å². The molecule has 0 radical (unpaired) electrons. The lowest BCUT2D eigenvalue weighted by atomic mass is 10.1. The Balaban J connectivity index is 2.11. The van der Waals surface area contributed by atoms with E-state index in [4.69, 9.17) is 9.47 Å². The van der Waals surface area contributed by atoms with E-state index in [-0.39, 0.29) is 11.9 Å². The first-order valence-corrected chi connectivity index (χ1v) is 8.80. The summed E-state index contributed by atoms with van der Waals surface area (Å²) in [6.07, 6.45) is 1.68. The van der Waals surface area contributed by atoms with E-state index < -0.39 is 0 Å². The molecule has 1 amide bonds. The molecule has 26 heavy (non-hydrogen) atoms. The van der Waals surface area contributed by atoms with Crippen LogP contribution in [0.15, 0.2) is 36.5 Å². The predicted octanol–water partition coefficient (Wildman–Crippen LogP) is 3.44. The average molecular weight is 357 g/mol. The molecule has 1 atom stereocenters. The zero-order chi connectivity index (χ0) is 19.1. The minimum Gasteiger partial charge on any atom is -0.490 e. The molecule has 0 aliphatic carbocycles. The zero-order valence-corrected chi connectivity index (χ0v) is 16.1. The Kier molecular flexibility index (Phi) is 6.83. The summed E-state index contributed by atoms with van der Waals surface area (Å²) < 4.78 is 11.2. The number of benzene rings is 1. The second-order valence-corrected chi connectivity index (χ2v) is 6.06. The van der Waals surface area contributed by atoms with E-state index in [9.17, 15) is 4.79 Å². The second kappa shape index (κ2) is 9.08. The molecule has 0 bridgehead atoms. The number of carbonyl (C=O) groups excluding carboxylic acids is 1. The van der Waals surface area contributed by atoms with Crippen LogP contribution in [0.25, 0.3) is 0 Å². The second-order valence-electron chi connectivity index (χ2n) is 6.06. The molecule has 0 saturated heterocycles. The fourth-order valence-corrected chi connectivity index (χ4v) is 2.48. The summed E-state index contributed by atoms with van der Waals surface area (Å²) in [5.41, 5.74) is 2.27. The first-order valence-electron chi connectivity index (χ1n) is 8.80. The van der Waals surface area contributed by atoms with Gasteiger partial charge in [-0.2, -0.15) is 0 Å². The largest absolute Gasteiger partial charge is 0.490 e. The van der Waals surface area contributed by atoms with Crippen LogP contribution in [0.2, 0.25) is 0 Å². The molecule has 1 aromatic carbocycles. The van der Waals surface area contributed by atoms with Crippen molar-refractivity contribution >= 4 is 11.6 Å². The molecule has 1 N–H and O–H groups in total. The Morgan fingerprint density at radius 2 is 1.81 bits per heavy atom. The number of hydrogen-bond donors (Lipinski definition) is 1. The van der Waals surface area contributed by atoms with Gasteiger partial charge < -0.3 is 19.7 Å². The molecule has 0 fully saturated rings. The van der Waals surface area contributed by atoms with Crippen LogP contribution in [-0.2, 0) is 0 Å². The normalized spacial score (nSPS) is 11.6. The van der Waals surface area contributed by atoms with Crippen molar-refractivity contribution in [2.75, 3.05) is 32.2 Å². The van der Waals surface area contributed by atoms with E-state index in [0.29, 0.717) is 30.4 Å². The van der Waals surface area contributed by atoms with Crippen molar-refractivity contribution in [3.05, 3.63) is 47.8 Å². The molecular weight excluding hydrogens is 330 g/mol. The summed E-state index contributed by atoms with van der Waals surface area (Å²) in [6.45, 7) is 6.90. The van der Waals surface area contributed by atoms with Gasteiger partial charge in [-0.3, -0.25) is 4.79 Å². The van der Waals surface area contributed by atoms with Gasteiger partial charge in [-0.15, -0.1) is 0 Å². The molecule has 2 rings (SSSR count). The molecule has 1 aromatic heterocycles. The maximum Gasteiger partial charge on any atom is 0.270 e. The predicted molar refractivity (Wildman–Crippen MR) is 103 cm³/mol. The highest BCUT2D eigenvalue weighted by atomic mass is 16.5. The molecule has 1 heterocycles. The van der Waals surface area contributed by atoms with Crippen LogP contribution in [0.5, 0.6) is 11.5 Å². The molecule has 0 spiro atoms. The van der Waals surface area contributed by atoms with Gasteiger partial charge in [0.15, 0.2) is 11.5 Å². The van der Waals surface area contributed by atoms with E-state index in [1.165, 1.54) is 0 Å². The zero-order valence-electron chi connectivity index (χ0n) is 16.1. The molecule has 0 aliphatic rings. The molecule has 6 nitrogen and oxygen atoms in total. The topological polar surface area (TPSA) is 63.7 Å². The Morgan fingerprint density at radius 1 is 1.12 bits per heavy atom. The summed E-state index contributed by atoms with van der Waals surface area (Å²) in [4.78, 5) is 18.6. The van der Waals surface area contributed by atoms with Gasteiger partial charge >= 0.3 is 0 Å². The quantitative estimate of drug-likeness (QED) is 0.784. The Labute approximate surface area is 155 Å². The van der Waals surface area contributed by atoms with Crippen molar-refractivity contribution in [1.29, 1.82) is 0 Å². The highest BCUT2D eigenvalue weighted by Crippen LogP contribution is 2.30. The van der Waals surface area contributed by atoms with E-state index >= 15 is 0 Å². The number of rotatable bonds is 8. The van der Waals surface area contributed by atoms with Crippen LogP contribution in [0.1, 0.15) is 42.9 Å². The Morgan fingerprint density at radius 3 is 2.38 bits per heavy atom. The molecule has 0 unspecified atom stereocenters. The maximum absolute atomic E-state index is 12.4. The van der Waals surface area contributed by atoms with Gasteiger partial charge in [0.2, 0.25) is 0 Å². The van der Waals surface area contributed by atoms with Crippen molar-refractivity contribution in [1.82, 2.24) is 10.3 Å². The summed E-state index contributed by atoms with van der Waals surface area (Å²) in [5, 5.41) is 2.97. The number of ether oxygens (including phenoxy) is 2. The number of pyridine rings is 1. The van der Waals surface area contributed by atoms with E-state index in [1.54, 1.807) is 12.3 Å². The SMILES string of the molecule is CCOc1ccc([C@H](C)NC(=O)c2ccc(N(C)C)cn2)cc1OCC. The Hall–Kier alpha value is -2.76. The molecule has 2 aromatic rings. The van der Waals surface area contributed by atoms with Crippen LogP contribution in [0.4, 0.5) is 5.69 Å². The van der Waals surface area contributed by atoms with Gasteiger partial charge in [-0.25, -0.2) is 4.98 Å². The summed E-state index contributed by atoms with van der Waals surface area (Å²) >= 11 is 0. The number of nitrogens with zero attached hydrogens (tertiary/aromatic N) is 2. The van der Waals surface area contributed by atoms with Gasteiger partial charge in [-0.05, 0) is 50.6 Å². The average Bonchev–Trinajstić information content (AvgIpc) is 2.63. The first kappa shape index (κ1) is 19.6. The van der Waals surface area contributed by atoms with Crippen molar-refractivity contribution in [3.8, 4) is 11.5 Å². The van der Waals surface area contributed by atoms with Crippen LogP contribution in [0, 0.1) is 0 Å². The van der Waals surface area contributed by atoms with Crippen LogP contribution >= 0.6 is 0 Å². The molecule has 6 heteroatoms. The van der Waals surface area contributed by atoms with E-state index in [2.05, 4.69) is 10.3 Å². The lowest BCUT2D eigenvalue weighted by molar-refractivity contribution is 0.0935. The van der Waals surface area contributed by atoms with Crippen molar-refractivity contribution in [2.24, 2.45) is 0 Å². The summed E-state index contributed by atoms with van der Waals surface area (Å²) in [7, 11) is 3.86. The minimum atomic E-state index is -0.213. The highest BCUT2D eigenvalue weighted by Gasteiger charge is 2.15. The van der Waals surface area contributed by atoms with Crippen molar-refractivity contribution in [3.63, 3.8) is 0 Å². The summed E-state index contributed by atoms with van der Waals surface area (Å²) in [6, 6.07) is 9.12. The van der Waals surface area contributed by atoms with Crippen molar-refractivity contribution in [2.45, 2.75) is 26.8 Å². The lowest BCUT2D eigenvalue weighted by Gasteiger charge is -2.18. The van der Waals surface area contributed by atoms with Gasteiger partial charge in [-0.1, -0.05) is 6.07 Å². The third-order valence-electron chi connectivity index (χ3n) is 3.91. The van der Waals surface area contributed by atoms with Gasteiger partial charge in [0.1, 0.15) is 5.69 Å². The van der Waals surface area contributed by atoms with E-state index in [0.717, 1.165) is 11.3 Å². The molecule has 0 aliphatic heterocycles. The highest BCUT2D eigenvalue weighted by molar-refractivity contribution is 5.92. The molecule has 0 saturated carbocycles. The Bertz CT molecular complexity index is 730. The standard InChI is InChI=1S/C20H27N3O3/c1-6-25-18-11-8-15(12-19(18)26-7-2)14(3)22-20(24)17-10-9-16(13-21-17)23(4)5/h8-14H,6-7H2,1-5H3,(H,22,24)/t14-/m0/s1. The van der Waals surface area contributed by atoms with Crippen LogP contribution in [0.3, 0.4) is 0 Å². The third kappa shape index (κ3) is 4.88. The molecule has 140 valence electrons. The minimum absolute atomic E-state index is 0.187. The number of carbonyl (C=O) groups is 1. The first-order chi connectivity index (χ1) is 12.5. The van der Waals surface area contributed by atoms with Crippen LogP contribution in [-0.4, -0.2) is 38.2 Å². The van der Waals surface area contributed by atoms with Gasteiger partial charge in [0.05, 0.1) is 31.1 Å². The smallest absolute Gasteiger partial charge is 0.270 e. The van der Waals surface area contributed by atoms with Crippen molar-refractivity contribution < 1.29 is 14.3 Å². The number of anilines is 1. The number of nitrogens with one attached hydrogen (secondary N) is 1. The third-order valence-corrected chi connectivity index (χ3v) is 3.91.